The standard InChI is InChI=1S/C23H18N2O4S/c1-28-17-12-11-15(20-16(17)9-6-10-18(20)29-2)13-19-22(27)25-23(30-19)24-21(26)14-7-4-3-5-8-14/h3-13H,1-2H3,(H,24,25,26,27)/b19-13-. The Morgan fingerprint density at radius 1 is 0.967 bits per heavy atom. The van der Waals surface area contributed by atoms with Crippen LogP contribution in [0, 0.1) is 0 Å². The van der Waals surface area contributed by atoms with Crippen molar-refractivity contribution in [2.75, 3.05) is 14.2 Å². The highest BCUT2D eigenvalue weighted by atomic mass is 32.2. The second-order valence-electron chi connectivity index (χ2n) is 6.39. The molecule has 0 radical (unpaired) electrons. The van der Waals surface area contributed by atoms with Gasteiger partial charge in [-0.05, 0) is 47.7 Å². The summed E-state index contributed by atoms with van der Waals surface area (Å²) in [5, 5.41) is 4.62. The maximum Gasteiger partial charge on any atom is 0.279 e. The van der Waals surface area contributed by atoms with Crippen molar-refractivity contribution in [2.24, 2.45) is 4.99 Å². The average Bonchev–Trinajstić information content (AvgIpc) is 3.12. The van der Waals surface area contributed by atoms with Crippen LogP contribution in [-0.2, 0) is 4.79 Å². The number of carbonyl (C=O) groups excluding carboxylic acids is 2. The average molecular weight is 418 g/mol. The highest BCUT2D eigenvalue weighted by Gasteiger charge is 2.25. The first-order valence-electron chi connectivity index (χ1n) is 9.13. The minimum absolute atomic E-state index is 0.255. The number of amides is 2. The lowest BCUT2D eigenvalue weighted by atomic mass is 10.0. The molecule has 1 heterocycles. The van der Waals surface area contributed by atoms with Gasteiger partial charge in [0.2, 0.25) is 0 Å². The molecule has 3 aromatic rings. The van der Waals surface area contributed by atoms with Crippen LogP contribution < -0.4 is 14.8 Å². The lowest BCUT2D eigenvalue weighted by Gasteiger charge is -2.12. The fourth-order valence-electron chi connectivity index (χ4n) is 3.20. The molecule has 3 aromatic carbocycles. The van der Waals surface area contributed by atoms with Gasteiger partial charge in [-0.2, -0.15) is 4.99 Å². The Morgan fingerprint density at radius 2 is 1.73 bits per heavy atom. The molecule has 1 aliphatic heterocycles. The SMILES string of the molecule is COc1ccc(/C=C2\SC(=NC(=O)c3ccccc3)NC2=O)c2c(OC)cccc12. The second-order valence-corrected chi connectivity index (χ2v) is 7.42. The van der Waals surface area contributed by atoms with Crippen molar-refractivity contribution in [2.45, 2.75) is 0 Å². The summed E-state index contributed by atoms with van der Waals surface area (Å²) in [6, 6.07) is 18.1. The summed E-state index contributed by atoms with van der Waals surface area (Å²) >= 11 is 1.13. The molecule has 0 aromatic heterocycles. The van der Waals surface area contributed by atoms with Gasteiger partial charge in [0, 0.05) is 16.3 Å². The van der Waals surface area contributed by atoms with E-state index in [9.17, 15) is 9.59 Å². The first-order chi connectivity index (χ1) is 14.6. The molecule has 0 unspecified atom stereocenters. The van der Waals surface area contributed by atoms with Crippen LogP contribution in [0.15, 0.2) is 70.6 Å². The van der Waals surface area contributed by atoms with Gasteiger partial charge in [-0.25, -0.2) is 0 Å². The Hall–Kier alpha value is -3.58. The number of amidine groups is 1. The van der Waals surface area contributed by atoms with Crippen LogP contribution in [0.3, 0.4) is 0 Å². The Balaban J connectivity index is 1.71. The van der Waals surface area contributed by atoms with Crippen molar-refractivity contribution in [3.8, 4) is 11.5 Å². The maximum atomic E-state index is 12.5. The highest BCUT2D eigenvalue weighted by molar-refractivity contribution is 8.18. The van der Waals surface area contributed by atoms with Gasteiger partial charge in [-0.15, -0.1) is 0 Å². The maximum absolute atomic E-state index is 12.5. The highest BCUT2D eigenvalue weighted by Crippen LogP contribution is 2.37. The smallest absolute Gasteiger partial charge is 0.279 e. The van der Waals surface area contributed by atoms with Crippen molar-refractivity contribution in [3.05, 3.63) is 76.7 Å². The molecule has 0 spiro atoms. The molecule has 0 saturated carbocycles. The van der Waals surface area contributed by atoms with Crippen LogP contribution in [0.25, 0.3) is 16.8 Å². The molecule has 1 aliphatic rings. The number of thioether (sulfide) groups is 1. The summed E-state index contributed by atoms with van der Waals surface area (Å²) in [7, 11) is 3.21. The Kier molecular flexibility index (Phi) is 5.54. The molecule has 4 rings (SSSR count). The van der Waals surface area contributed by atoms with Crippen LogP contribution in [0.4, 0.5) is 0 Å². The number of aliphatic imine (C=N–C) groups is 1. The van der Waals surface area contributed by atoms with Crippen molar-refractivity contribution < 1.29 is 19.1 Å². The zero-order valence-electron chi connectivity index (χ0n) is 16.3. The van der Waals surface area contributed by atoms with E-state index in [1.165, 1.54) is 0 Å². The third-order valence-electron chi connectivity index (χ3n) is 4.60. The predicted octanol–water partition coefficient (Wildman–Crippen LogP) is 4.26. The Labute approximate surface area is 177 Å². The lowest BCUT2D eigenvalue weighted by Crippen LogP contribution is -2.20. The molecule has 0 aliphatic carbocycles. The zero-order chi connectivity index (χ0) is 21.1. The van der Waals surface area contributed by atoms with Crippen LogP contribution >= 0.6 is 11.8 Å². The van der Waals surface area contributed by atoms with Gasteiger partial charge < -0.3 is 14.8 Å². The van der Waals surface area contributed by atoms with Gasteiger partial charge in [0.1, 0.15) is 11.5 Å². The molecule has 30 heavy (non-hydrogen) atoms. The molecular formula is C23H18N2O4S. The van der Waals surface area contributed by atoms with E-state index in [2.05, 4.69) is 10.3 Å². The zero-order valence-corrected chi connectivity index (χ0v) is 17.2. The van der Waals surface area contributed by atoms with Gasteiger partial charge in [0.05, 0.1) is 19.1 Å². The third kappa shape index (κ3) is 3.79. The molecule has 1 saturated heterocycles. The van der Waals surface area contributed by atoms with Gasteiger partial charge in [-0.3, -0.25) is 9.59 Å². The first kappa shape index (κ1) is 19.7. The molecule has 6 nitrogen and oxygen atoms in total. The van der Waals surface area contributed by atoms with Crippen molar-refractivity contribution in [1.82, 2.24) is 5.32 Å². The number of rotatable bonds is 4. The van der Waals surface area contributed by atoms with Crippen molar-refractivity contribution in [1.29, 1.82) is 0 Å². The number of hydrogen-bond donors (Lipinski definition) is 1. The fraction of sp³-hybridized carbons (Fsp3) is 0.0870. The predicted molar refractivity (Wildman–Crippen MR) is 119 cm³/mol. The number of nitrogens with zero attached hydrogens (tertiary/aromatic N) is 1. The molecule has 150 valence electrons. The normalized spacial score (nSPS) is 16.1. The van der Waals surface area contributed by atoms with Gasteiger partial charge in [0.15, 0.2) is 5.17 Å². The minimum Gasteiger partial charge on any atom is -0.496 e. The van der Waals surface area contributed by atoms with Crippen LogP contribution in [0.1, 0.15) is 15.9 Å². The van der Waals surface area contributed by atoms with E-state index >= 15 is 0 Å². The topological polar surface area (TPSA) is 77.0 Å². The quantitative estimate of drug-likeness (QED) is 0.641. The van der Waals surface area contributed by atoms with E-state index in [1.54, 1.807) is 44.6 Å². The van der Waals surface area contributed by atoms with E-state index in [0.717, 1.165) is 28.1 Å². The minimum atomic E-state index is -0.406. The van der Waals surface area contributed by atoms with E-state index in [-0.39, 0.29) is 11.1 Å². The summed E-state index contributed by atoms with van der Waals surface area (Å²) in [4.78, 5) is 29.2. The molecule has 7 heteroatoms. The summed E-state index contributed by atoms with van der Waals surface area (Å²) in [6.45, 7) is 0. The van der Waals surface area contributed by atoms with Crippen LogP contribution in [-0.4, -0.2) is 31.2 Å². The molecule has 1 N–H and O–H groups in total. The van der Waals surface area contributed by atoms with E-state index < -0.39 is 5.91 Å². The molecule has 0 atom stereocenters. The van der Waals surface area contributed by atoms with Crippen LogP contribution in [0.2, 0.25) is 0 Å². The third-order valence-corrected chi connectivity index (χ3v) is 5.51. The summed E-state index contributed by atoms with van der Waals surface area (Å²) in [5.41, 5.74) is 1.26. The molecule has 1 fully saturated rings. The number of fused-ring (bicyclic) bond motifs is 1. The Bertz CT molecular complexity index is 1200. The Morgan fingerprint density at radius 3 is 2.47 bits per heavy atom. The number of methoxy groups -OCH3 is 2. The molecule has 0 bridgehead atoms. The molecular weight excluding hydrogens is 400 g/mol. The number of ether oxygens (including phenoxy) is 2. The summed E-state index contributed by atoms with van der Waals surface area (Å²) in [6.07, 6.45) is 1.76. The van der Waals surface area contributed by atoms with E-state index in [1.807, 2.05) is 36.4 Å². The summed E-state index contributed by atoms with van der Waals surface area (Å²) < 4.78 is 11.0. The number of benzene rings is 3. The number of nitrogens with one attached hydrogen (secondary N) is 1. The van der Waals surface area contributed by atoms with Crippen molar-refractivity contribution >= 4 is 45.6 Å². The summed E-state index contributed by atoms with van der Waals surface area (Å²) in [5.74, 6) is 0.676. The van der Waals surface area contributed by atoms with Gasteiger partial charge in [0.25, 0.3) is 11.8 Å². The monoisotopic (exact) mass is 418 g/mol. The molecule has 2 amide bonds. The second kappa shape index (κ2) is 8.42. The van der Waals surface area contributed by atoms with E-state index in [0.29, 0.717) is 22.0 Å². The lowest BCUT2D eigenvalue weighted by molar-refractivity contribution is -0.115. The van der Waals surface area contributed by atoms with E-state index in [4.69, 9.17) is 9.47 Å². The first-order valence-corrected chi connectivity index (χ1v) is 9.95. The van der Waals surface area contributed by atoms with Gasteiger partial charge >= 0.3 is 0 Å². The van der Waals surface area contributed by atoms with Gasteiger partial charge in [-0.1, -0.05) is 36.4 Å². The largest absolute Gasteiger partial charge is 0.496 e. The number of carbonyl (C=O) groups is 2. The fourth-order valence-corrected chi connectivity index (χ4v) is 4.01. The number of hydrogen-bond acceptors (Lipinski definition) is 5. The van der Waals surface area contributed by atoms with Crippen LogP contribution in [0.5, 0.6) is 11.5 Å². The van der Waals surface area contributed by atoms with Crippen molar-refractivity contribution in [3.63, 3.8) is 0 Å².